The van der Waals surface area contributed by atoms with E-state index in [1.54, 1.807) is 12.4 Å². The molecule has 2 aromatic heterocycles. The number of nitrogens with zero attached hydrogens (tertiary/aromatic N) is 4. The number of aromatic nitrogens is 4. The van der Waals surface area contributed by atoms with Crippen molar-refractivity contribution in [3.63, 3.8) is 0 Å². The monoisotopic (exact) mass is 285 g/mol. The maximum absolute atomic E-state index is 12.6. The standard InChI is InChI=1S/C15H19N5O/c1-11-6-18-19-13(11)15(2)4-3-5-20(9-15)14(21)12-7-16-10-17-8-12/h6-8,10H,3-5,9H2,1-2H3,(H,18,19). The minimum atomic E-state index is -0.0792. The van der Waals surface area contributed by atoms with Gasteiger partial charge in [-0.3, -0.25) is 9.89 Å². The van der Waals surface area contributed by atoms with Crippen LogP contribution in [0.4, 0.5) is 0 Å². The molecule has 1 atom stereocenters. The first-order valence-electron chi connectivity index (χ1n) is 7.15. The van der Waals surface area contributed by atoms with E-state index in [1.807, 2.05) is 11.1 Å². The van der Waals surface area contributed by atoms with Crippen LogP contribution in [-0.2, 0) is 5.41 Å². The normalized spacial score (nSPS) is 22.3. The zero-order valence-electron chi connectivity index (χ0n) is 12.3. The van der Waals surface area contributed by atoms with Gasteiger partial charge in [-0.05, 0) is 25.3 Å². The van der Waals surface area contributed by atoms with Crippen molar-refractivity contribution in [2.24, 2.45) is 0 Å². The predicted molar refractivity (Wildman–Crippen MR) is 77.8 cm³/mol. The second kappa shape index (κ2) is 5.27. The molecule has 110 valence electrons. The van der Waals surface area contributed by atoms with Crippen LogP contribution in [0.15, 0.2) is 24.9 Å². The highest BCUT2D eigenvalue weighted by molar-refractivity contribution is 5.93. The number of likely N-dealkylation sites (tertiary alicyclic amines) is 1. The molecule has 1 aliphatic rings. The summed E-state index contributed by atoms with van der Waals surface area (Å²) in [6, 6.07) is 0. The molecule has 1 saturated heterocycles. The highest BCUT2D eigenvalue weighted by atomic mass is 16.2. The van der Waals surface area contributed by atoms with Gasteiger partial charge in [0.05, 0.1) is 11.8 Å². The van der Waals surface area contributed by atoms with Gasteiger partial charge in [-0.1, -0.05) is 6.92 Å². The summed E-state index contributed by atoms with van der Waals surface area (Å²) in [7, 11) is 0. The fraction of sp³-hybridized carbons (Fsp3) is 0.467. The highest BCUT2D eigenvalue weighted by Gasteiger charge is 2.37. The Morgan fingerprint density at radius 3 is 2.76 bits per heavy atom. The summed E-state index contributed by atoms with van der Waals surface area (Å²) >= 11 is 0. The topological polar surface area (TPSA) is 74.8 Å². The molecular formula is C15H19N5O. The van der Waals surface area contributed by atoms with E-state index in [2.05, 4.69) is 34.0 Å². The van der Waals surface area contributed by atoms with Crippen LogP contribution in [0.3, 0.4) is 0 Å². The largest absolute Gasteiger partial charge is 0.338 e. The average molecular weight is 285 g/mol. The molecule has 1 N–H and O–H groups in total. The Hall–Kier alpha value is -2.24. The van der Waals surface area contributed by atoms with Gasteiger partial charge in [-0.2, -0.15) is 5.10 Å². The van der Waals surface area contributed by atoms with Crippen molar-refractivity contribution in [3.8, 4) is 0 Å². The molecule has 3 heterocycles. The van der Waals surface area contributed by atoms with Gasteiger partial charge in [0.1, 0.15) is 6.33 Å². The number of piperidine rings is 1. The number of rotatable bonds is 2. The molecule has 6 nitrogen and oxygen atoms in total. The lowest BCUT2D eigenvalue weighted by Gasteiger charge is -2.40. The van der Waals surface area contributed by atoms with Gasteiger partial charge in [0.2, 0.25) is 0 Å². The third kappa shape index (κ3) is 2.53. The minimum Gasteiger partial charge on any atom is -0.338 e. The lowest BCUT2D eigenvalue weighted by Crippen LogP contribution is -2.47. The van der Waals surface area contributed by atoms with Crippen molar-refractivity contribution in [3.05, 3.63) is 41.7 Å². The van der Waals surface area contributed by atoms with Crippen LogP contribution in [0.25, 0.3) is 0 Å². The number of carbonyl (C=O) groups excluding carboxylic acids is 1. The SMILES string of the molecule is Cc1cn[nH]c1C1(C)CCCN(C(=O)c2cncnc2)C1. The molecule has 0 radical (unpaired) electrons. The van der Waals surface area contributed by atoms with Gasteiger partial charge in [0.25, 0.3) is 5.91 Å². The number of hydrogen-bond acceptors (Lipinski definition) is 4. The Morgan fingerprint density at radius 1 is 1.33 bits per heavy atom. The molecule has 1 amide bonds. The van der Waals surface area contributed by atoms with Crippen molar-refractivity contribution < 1.29 is 4.79 Å². The van der Waals surface area contributed by atoms with E-state index in [9.17, 15) is 4.79 Å². The second-order valence-electron chi connectivity index (χ2n) is 5.95. The van der Waals surface area contributed by atoms with E-state index in [-0.39, 0.29) is 11.3 Å². The van der Waals surface area contributed by atoms with Crippen LogP contribution in [0, 0.1) is 6.92 Å². The van der Waals surface area contributed by atoms with E-state index in [0.29, 0.717) is 12.1 Å². The lowest BCUT2D eigenvalue weighted by molar-refractivity contribution is 0.0646. The van der Waals surface area contributed by atoms with Crippen molar-refractivity contribution in [2.75, 3.05) is 13.1 Å². The fourth-order valence-corrected chi connectivity index (χ4v) is 3.17. The Balaban J connectivity index is 1.83. The summed E-state index contributed by atoms with van der Waals surface area (Å²) in [5.74, 6) is -0.00121. The van der Waals surface area contributed by atoms with E-state index < -0.39 is 0 Å². The molecule has 0 saturated carbocycles. The first kappa shape index (κ1) is 13.7. The minimum absolute atomic E-state index is 0.00121. The first-order valence-corrected chi connectivity index (χ1v) is 7.15. The zero-order valence-corrected chi connectivity index (χ0v) is 12.3. The van der Waals surface area contributed by atoms with Crippen LogP contribution in [0.2, 0.25) is 0 Å². The maximum Gasteiger partial charge on any atom is 0.257 e. The quantitative estimate of drug-likeness (QED) is 0.911. The van der Waals surface area contributed by atoms with Crippen LogP contribution in [-0.4, -0.2) is 44.1 Å². The number of hydrogen-bond donors (Lipinski definition) is 1. The molecular weight excluding hydrogens is 266 g/mol. The third-order valence-corrected chi connectivity index (χ3v) is 4.22. The molecule has 0 aliphatic carbocycles. The Bertz CT molecular complexity index is 639. The Labute approximate surface area is 123 Å². The fourth-order valence-electron chi connectivity index (χ4n) is 3.17. The van der Waals surface area contributed by atoms with E-state index in [1.165, 1.54) is 6.33 Å². The maximum atomic E-state index is 12.6. The van der Waals surface area contributed by atoms with Gasteiger partial charge in [-0.15, -0.1) is 0 Å². The van der Waals surface area contributed by atoms with E-state index in [0.717, 1.165) is 30.6 Å². The van der Waals surface area contributed by atoms with Crippen molar-refractivity contribution in [1.29, 1.82) is 0 Å². The van der Waals surface area contributed by atoms with Crippen LogP contribution in [0.1, 0.15) is 41.4 Å². The second-order valence-corrected chi connectivity index (χ2v) is 5.95. The molecule has 0 aromatic carbocycles. The molecule has 3 rings (SSSR count). The van der Waals surface area contributed by atoms with Crippen LogP contribution < -0.4 is 0 Å². The molecule has 6 heteroatoms. The van der Waals surface area contributed by atoms with Gasteiger partial charge in [0.15, 0.2) is 0 Å². The highest BCUT2D eigenvalue weighted by Crippen LogP contribution is 2.34. The van der Waals surface area contributed by atoms with Crippen molar-refractivity contribution in [2.45, 2.75) is 32.1 Å². The molecule has 1 unspecified atom stereocenters. The number of amides is 1. The summed E-state index contributed by atoms with van der Waals surface area (Å²) in [4.78, 5) is 22.3. The summed E-state index contributed by atoms with van der Waals surface area (Å²) in [6.45, 7) is 5.70. The average Bonchev–Trinajstić information content (AvgIpc) is 2.94. The number of nitrogens with one attached hydrogen (secondary N) is 1. The zero-order chi connectivity index (χ0) is 14.9. The van der Waals surface area contributed by atoms with Gasteiger partial charge in [-0.25, -0.2) is 9.97 Å². The van der Waals surface area contributed by atoms with Gasteiger partial charge < -0.3 is 4.90 Å². The smallest absolute Gasteiger partial charge is 0.257 e. The number of carbonyl (C=O) groups is 1. The van der Waals surface area contributed by atoms with Crippen LogP contribution in [0.5, 0.6) is 0 Å². The number of aromatic amines is 1. The molecule has 0 spiro atoms. The predicted octanol–water partition coefficient (Wildman–Crippen LogP) is 1.70. The van der Waals surface area contributed by atoms with Crippen LogP contribution >= 0.6 is 0 Å². The van der Waals surface area contributed by atoms with Gasteiger partial charge in [0, 0.05) is 36.6 Å². The molecule has 1 aliphatic heterocycles. The van der Waals surface area contributed by atoms with Crippen molar-refractivity contribution >= 4 is 5.91 Å². The summed E-state index contributed by atoms with van der Waals surface area (Å²) in [6.07, 6.45) is 8.45. The summed E-state index contributed by atoms with van der Waals surface area (Å²) in [5.41, 5.74) is 2.74. The Morgan fingerprint density at radius 2 is 2.10 bits per heavy atom. The van der Waals surface area contributed by atoms with Gasteiger partial charge >= 0.3 is 0 Å². The Kier molecular flexibility index (Phi) is 3.45. The summed E-state index contributed by atoms with van der Waals surface area (Å²) < 4.78 is 0. The molecule has 0 bridgehead atoms. The summed E-state index contributed by atoms with van der Waals surface area (Å²) in [5, 5.41) is 7.22. The van der Waals surface area contributed by atoms with E-state index in [4.69, 9.17) is 0 Å². The first-order chi connectivity index (χ1) is 10.1. The molecule has 21 heavy (non-hydrogen) atoms. The molecule has 2 aromatic rings. The molecule has 1 fully saturated rings. The van der Waals surface area contributed by atoms with E-state index >= 15 is 0 Å². The lowest BCUT2D eigenvalue weighted by atomic mass is 9.77. The third-order valence-electron chi connectivity index (χ3n) is 4.22. The van der Waals surface area contributed by atoms with Crippen molar-refractivity contribution in [1.82, 2.24) is 25.1 Å². The number of H-pyrrole nitrogens is 1. The number of aryl methyl sites for hydroxylation is 1.